The van der Waals surface area contributed by atoms with Crippen LogP contribution in [0.25, 0.3) is 16.2 Å². The maximum atomic E-state index is 5.71. The Kier molecular flexibility index (Phi) is 3.20. The molecule has 0 saturated heterocycles. The van der Waals surface area contributed by atoms with Crippen LogP contribution in [0, 0.1) is 0 Å². The van der Waals surface area contributed by atoms with Crippen LogP contribution in [-0.2, 0) is 6.42 Å². The summed E-state index contributed by atoms with van der Waals surface area (Å²) in [7, 11) is 0. The van der Waals surface area contributed by atoms with E-state index in [4.69, 9.17) is 10.7 Å². The van der Waals surface area contributed by atoms with E-state index in [1.807, 2.05) is 17.5 Å². The lowest BCUT2D eigenvalue weighted by atomic mass is 10.1. The number of hydrogen-bond donors (Lipinski definition) is 1. The molecule has 2 N–H and O–H groups in total. The van der Waals surface area contributed by atoms with Gasteiger partial charge in [-0.05, 0) is 18.7 Å². The molecule has 5 heteroatoms. The van der Waals surface area contributed by atoms with Crippen molar-refractivity contribution in [1.82, 2.24) is 9.38 Å². The van der Waals surface area contributed by atoms with Crippen molar-refractivity contribution in [1.29, 1.82) is 0 Å². The van der Waals surface area contributed by atoms with Gasteiger partial charge in [-0.1, -0.05) is 28.1 Å². The molecule has 3 rings (SSSR count). The molecule has 0 saturated carbocycles. The third kappa shape index (κ3) is 1.98. The molecule has 0 fully saturated rings. The first-order valence-electron chi connectivity index (χ1n) is 5.70. The summed E-state index contributed by atoms with van der Waals surface area (Å²) in [5, 5.41) is 2.05. The van der Waals surface area contributed by atoms with Gasteiger partial charge in [-0.15, -0.1) is 11.3 Å². The van der Waals surface area contributed by atoms with Crippen molar-refractivity contribution in [2.75, 3.05) is 6.54 Å². The molecule has 0 amide bonds. The molecule has 0 bridgehead atoms. The summed E-state index contributed by atoms with van der Waals surface area (Å²) in [6.07, 6.45) is 2.89. The standard InChI is InChI=1S/C13H12BrN3S/c14-10-3-1-9(2-4-10)12-11(5-6-15)17-7-8-18-13(17)16-12/h1-4,7-8H,5-6,15H2. The van der Waals surface area contributed by atoms with Gasteiger partial charge in [0.1, 0.15) is 0 Å². The largest absolute Gasteiger partial charge is 0.330 e. The highest BCUT2D eigenvalue weighted by Crippen LogP contribution is 2.27. The molecule has 0 atom stereocenters. The zero-order chi connectivity index (χ0) is 12.5. The highest BCUT2D eigenvalue weighted by Gasteiger charge is 2.13. The van der Waals surface area contributed by atoms with E-state index in [0.29, 0.717) is 6.54 Å². The summed E-state index contributed by atoms with van der Waals surface area (Å²) in [5.41, 5.74) is 9.07. The molecule has 3 nitrogen and oxygen atoms in total. The minimum Gasteiger partial charge on any atom is -0.330 e. The highest BCUT2D eigenvalue weighted by molar-refractivity contribution is 9.10. The first-order chi connectivity index (χ1) is 8.79. The normalized spacial score (nSPS) is 11.2. The van der Waals surface area contributed by atoms with Crippen molar-refractivity contribution >= 4 is 32.2 Å². The third-order valence-corrected chi connectivity index (χ3v) is 4.15. The van der Waals surface area contributed by atoms with E-state index < -0.39 is 0 Å². The number of rotatable bonds is 3. The summed E-state index contributed by atoms with van der Waals surface area (Å²) in [6, 6.07) is 8.23. The second kappa shape index (κ2) is 4.84. The Morgan fingerprint density at radius 3 is 2.78 bits per heavy atom. The van der Waals surface area contributed by atoms with Gasteiger partial charge in [-0.3, -0.25) is 4.40 Å². The van der Waals surface area contributed by atoms with Gasteiger partial charge in [0, 0.05) is 28.0 Å². The van der Waals surface area contributed by atoms with E-state index in [1.165, 1.54) is 5.69 Å². The molecule has 0 unspecified atom stereocenters. The van der Waals surface area contributed by atoms with E-state index >= 15 is 0 Å². The quantitative estimate of drug-likeness (QED) is 0.804. The molecule has 3 aromatic rings. The van der Waals surface area contributed by atoms with E-state index in [1.54, 1.807) is 11.3 Å². The number of nitrogens with zero attached hydrogens (tertiary/aromatic N) is 2. The Balaban J connectivity index is 2.17. The van der Waals surface area contributed by atoms with Crippen molar-refractivity contribution in [2.24, 2.45) is 5.73 Å². The van der Waals surface area contributed by atoms with Crippen LogP contribution in [0.2, 0.25) is 0 Å². The van der Waals surface area contributed by atoms with Gasteiger partial charge >= 0.3 is 0 Å². The molecule has 0 spiro atoms. The Morgan fingerprint density at radius 2 is 2.06 bits per heavy atom. The van der Waals surface area contributed by atoms with Crippen molar-refractivity contribution in [3.8, 4) is 11.3 Å². The molecule has 0 aliphatic heterocycles. The number of hydrogen-bond acceptors (Lipinski definition) is 3. The van der Waals surface area contributed by atoms with Crippen molar-refractivity contribution in [3.05, 3.63) is 46.0 Å². The summed E-state index contributed by atoms with van der Waals surface area (Å²) >= 11 is 5.10. The predicted molar refractivity (Wildman–Crippen MR) is 79.0 cm³/mol. The van der Waals surface area contributed by atoms with Crippen LogP contribution >= 0.6 is 27.3 Å². The molecule has 2 heterocycles. The Hall–Kier alpha value is -1.17. The number of thiazole rings is 1. The zero-order valence-corrected chi connectivity index (χ0v) is 12.0. The molecule has 18 heavy (non-hydrogen) atoms. The van der Waals surface area contributed by atoms with Crippen molar-refractivity contribution < 1.29 is 0 Å². The Labute approximate surface area is 117 Å². The van der Waals surface area contributed by atoms with E-state index in [2.05, 4.69) is 38.7 Å². The van der Waals surface area contributed by atoms with Crippen LogP contribution in [0.15, 0.2) is 40.3 Å². The van der Waals surface area contributed by atoms with Gasteiger partial charge < -0.3 is 5.73 Å². The maximum absolute atomic E-state index is 5.71. The Bertz CT molecular complexity index is 669. The number of nitrogens with two attached hydrogens (primary N) is 1. The fourth-order valence-corrected chi connectivity index (χ4v) is 3.04. The van der Waals surface area contributed by atoms with Gasteiger partial charge in [0.2, 0.25) is 0 Å². The van der Waals surface area contributed by atoms with Crippen LogP contribution in [-0.4, -0.2) is 15.9 Å². The number of fused-ring (bicyclic) bond motifs is 1. The van der Waals surface area contributed by atoms with Gasteiger partial charge in [0.05, 0.1) is 11.4 Å². The first-order valence-corrected chi connectivity index (χ1v) is 7.37. The van der Waals surface area contributed by atoms with Crippen LogP contribution in [0.3, 0.4) is 0 Å². The van der Waals surface area contributed by atoms with Crippen LogP contribution in [0.4, 0.5) is 0 Å². The number of aromatic nitrogens is 2. The van der Waals surface area contributed by atoms with Gasteiger partial charge in [0.25, 0.3) is 0 Å². The fourth-order valence-electron chi connectivity index (χ4n) is 2.05. The van der Waals surface area contributed by atoms with E-state index in [-0.39, 0.29) is 0 Å². The predicted octanol–water partition coefficient (Wildman–Crippen LogP) is 3.33. The average molecular weight is 322 g/mol. The summed E-state index contributed by atoms with van der Waals surface area (Å²) in [6.45, 7) is 0.632. The molecule has 0 aliphatic rings. The number of benzene rings is 1. The zero-order valence-electron chi connectivity index (χ0n) is 9.64. The van der Waals surface area contributed by atoms with Gasteiger partial charge in [-0.25, -0.2) is 4.98 Å². The fraction of sp³-hybridized carbons (Fsp3) is 0.154. The summed E-state index contributed by atoms with van der Waals surface area (Å²) in [5.74, 6) is 0. The van der Waals surface area contributed by atoms with Gasteiger partial charge in [-0.2, -0.15) is 0 Å². The highest BCUT2D eigenvalue weighted by atomic mass is 79.9. The third-order valence-electron chi connectivity index (χ3n) is 2.86. The van der Waals surface area contributed by atoms with Crippen molar-refractivity contribution in [3.63, 3.8) is 0 Å². The van der Waals surface area contributed by atoms with Crippen LogP contribution in [0.5, 0.6) is 0 Å². The molecule has 2 aromatic heterocycles. The molecule has 92 valence electrons. The van der Waals surface area contributed by atoms with E-state index in [9.17, 15) is 0 Å². The lowest BCUT2D eigenvalue weighted by Gasteiger charge is -2.03. The lowest BCUT2D eigenvalue weighted by molar-refractivity contribution is 0.911. The number of imidazole rings is 1. The average Bonchev–Trinajstić information content (AvgIpc) is 2.93. The topological polar surface area (TPSA) is 43.3 Å². The number of halogens is 1. The van der Waals surface area contributed by atoms with E-state index in [0.717, 1.165) is 27.1 Å². The summed E-state index contributed by atoms with van der Waals surface area (Å²) in [4.78, 5) is 5.73. The monoisotopic (exact) mass is 321 g/mol. The second-order valence-corrected chi connectivity index (χ2v) is 5.80. The molecule has 0 aliphatic carbocycles. The SMILES string of the molecule is NCCc1c(-c2ccc(Br)cc2)nc2sccn12. The van der Waals surface area contributed by atoms with Crippen LogP contribution in [0.1, 0.15) is 5.69 Å². The smallest absolute Gasteiger partial charge is 0.194 e. The maximum Gasteiger partial charge on any atom is 0.194 e. The van der Waals surface area contributed by atoms with Crippen molar-refractivity contribution in [2.45, 2.75) is 6.42 Å². The van der Waals surface area contributed by atoms with Crippen LogP contribution < -0.4 is 5.73 Å². The Morgan fingerprint density at radius 1 is 1.28 bits per heavy atom. The second-order valence-electron chi connectivity index (χ2n) is 4.01. The molecular formula is C13H12BrN3S. The lowest BCUT2D eigenvalue weighted by Crippen LogP contribution is -2.05. The molecular weight excluding hydrogens is 310 g/mol. The molecule has 1 aromatic carbocycles. The van der Waals surface area contributed by atoms with Gasteiger partial charge in [0.15, 0.2) is 4.96 Å². The molecule has 0 radical (unpaired) electrons. The minimum atomic E-state index is 0.632. The first kappa shape index (κ1) is 11.9. The summed E-state index contributed by atoms with van der Waals surface area (Å²) < 4.78 is 3.21. The minimum absolute atomic E-state index is 0.632.